The molecule has 0 aliphatic heterocycles. The Balaban J connectivity index is 1.74. The average molecular weight is 236 g/mol. The van der Waals surface area contributed by atoms with Crippen LogP contribution in [0.15, 0.2) is 0 Å². The van der Waals surface area contributed by atoms with Gasteiger partial charge in [-0.15, -0.1) is 0 Å². The molecule has 1 spiro atoms. The number of nitrogens with two attached hydrogens (primary N) is 1. The maximum Gasteiger partial charge on any atom is 0.0127 e. The quantitative estimate of drug-likeness (QED) is 0.798. The molecule has 3 rings (SSSR count). The molecule has 0 heterocycles. The third-order valence-electron chi connectivity index (χ3n) is 6.00. The van der Waals surface area contributed by atoms with Crippen molar-refractivity contribution in [2.24, 2.45) is 28.9 Å². The summed E-state index contributed by atoms with van der Waals surface area (Å²) in [4.78, 5) is 2.36. The Morgan fingerprint density at radius 1 is 1.24 bits per heavy atom. The topological polar surface area (TPSA) is 29.3 Å². The lowest BCUT2D eigenvalue weighted by molar-refractivity contribution is 0.0407. The molecule has 3 aliphatic carbocycles. The summed E-state index contributed by atoms with van der Waals surface area (Å²) in [5.74, 6) is 2.76. The minimum absolute atomic E-state index is 0.534. The number of fused-ring (bicyclic) bond motifs is 3. The molecule has 3 aliphatic rings. The van der Waals surface area contributed by atoms with Crippen LogP contribution in [0.4, 0.5) is 0 Å². The van der Waals surface area contributed by atoms with Crippen molar-refractivity contribution in [3.63, 3.8) is 0 Å². The van der Waals surface area contributed by atoms with E-state index in [2.05, 4.69) is 19.0 Å². The van der Waals surface area contributed by atoms with E-state index in [1.165, 1.54) is 51.5 Å². The van der Waals surface area contributed by atoms with Gasteiger partial charge in [-0.25, -0.2) is 0 Å². The molecule has 2 bridgehead atoms. The van der Waals surface area contributed by atoms with Crippen LogP contribution in [-0.2, 0) is 0 Å². The second kappa shape index (κ2) is 4.24. The van der Waals surface area contributed by atoms with Crippen LogP contribution in [0.3, 0.4) is 0 Å². The van der Waals surface area contributed by atoms with E-state index in [-0.39, 0.29) is 0 Å². The zero-order valence-corrected chi connectivity index (χ0v) is 11.5. The molecule has 0 aromatic heterocycles. The molecule has 1 unspecified atom stereocenters. The maximum atomic E-state index is 6.61. The van der Waals surface area contributed by atoms with Crippen LogP contribution in [0.2, 0.25) is 0 Å². The molecule has 0 radical (unpaired) electrons. The fourth-order valence-electron chi connectivity index (χ4n) is 5.41. The second-order valence-electron chi connectivity index (χ2n) is 7.25. The lowest BCUT2D eigenvalue weighted by Crippen LogP contribution is -2.49. The average Bonchev–Trinajstić information content (AvgIpc) is 2.83. The fraction of sp³-hybridized carbons (Fsp3) is 1.00. The van der Waals surface area contributed by atoms with Gasteiger partial charge in [-0.3, -0.25) is 0 Å². The van der Waals surface area contributed by atoms with Gasteiger partial charge < -0.3 is 10.6 Å². The summed E-state index contributed by atoms with van der Waals surface area (Å²) in [6.45, 7) is 1.27. The highest BCUT2D eigenvalue weighted by atomic mass is 15.1. The van der Waals surface area contributed by atoms with Crippen LogP contribution in [0.25, 0.3) is 0 Å². The number of hydrogen-bond donors (Lipinski definition) is 1. The maximum absolute atomic E-state index is 6.61. The Bertz CT molecular complexity index is 285. The smallest absolute Gasteiger partial charge is 0.0127 e. The van der Waals surface area contributed by atoms with Crippen molar-refractivity contribution >= 4 is 0 Å². The van der Waals surface area contributed by atoms with Crippen molar-refractivity contribution in [3.05, 3.63) is 0 Å². The number of nitrogens with zero attached hydrogens (tertiary/aromatic N) is 1. The first-order chi connectivity index (χ1) is 8.12. The SMILES string of the molecule is CN(C)C[C@@H]1CCC[C@@]2(C1)[C@H]1CCC(C1)[C@@H]2N. The van der Waals surface area contributed by atoms with Crippen molar-refractivity contribution in [3.8, 4) is 0 Å². The molecule has 3 fully saturated rings. The second-order valence-corrected chi connectivity index (χ2v) is 7.25. The molecule has 2 nitrogen and oxygen atoms in total. The van der Waals surface area contributed by atoms with E-state index >= 15 is 0 Å². The Kier molecular flexibility index (Phi) is 2.99. The van der Waals surface area contributed by atoms with Gasteiger partial charge >= 0.3 is 0 Å². The van der Waals surface area contributed by atoms with E-state index in [0.717, 1.165) is 17.8 Å². The van der Waals surface area contributed by atoms with E-state index in [4.69, 9.17) is 5.73 Å². The Morgan fingerprint density at radius 2 is 2.06 bits per heavy atom. The van der Waals surface area contributed by atoms with Crippen LogP contribution in [0.1, 0.15) is 44.9 Å². The third kappa shape index (κ3) is 1.84. The fourth-order valence-corrected chi connectivity index (χ4v) is 5.41. The van der Waals surface area contributed by atoms with E-state index < -0.39 is 0 Å². The van der Waals surface area contributed by atoms with Crippen molar-refractivity contribution < 1.29 is 0 Å². The van der Waals surface area contributed by atoms with Gasteiger partial charge in [0.25, 0.3) is 0 Å². The predicted octanol–water partition coefficient (Wildman–Crippen LogP) is 2.48. The summed E-state index contributed by atoms with van der Waals surface area (Å²) in [6, 6.07) is 0.534. The molecule has 2 N–H and O–H groups in total. The third-order valence-corrected chi connectivity index (χ3v) is 6.00. The molecule has 17 heavy (non-hydrogen) atoms. The van der Waals surface area contributed by atoms with Gasteiger partial charge in [0.05, 0.1) is 0 Å². The first-order valence-electron chi connectivity index (χ1n) is 7.52. The molecule has 98 valence electrons. The van der Waals surface area contributed by atoms with Gasteiger partial charge in [-0.2, -0.15) is 0 Å². The van der Waals surface area contributed by atoms with Crippen molar-refractivity contribution in [2.75, 3.05) is 20.6 Å². The van der Waals surface area contributed by atoms with Gasteiger partial charge in [-0.1, -0.05) is 6.42 Å². The lowest BCUT2D eigenvalue weighted by atomic mass is 9.59. The van der Waals surface area contributed by atoms with Gasteiger partial charge in [0, 0.05) is 12.6 Å². The molecule has 0 aromatic carbocycles. The summed E-state index contributed by atoms with van der Waals surface area (Å²) in [7, 11) is 4.42. The highest BCUT2D eigenvalue weighted by molar-refractivity contribution is 5.10. The Morgan fingerprint density at radius 3 is 2.71 bits per heavy atom. The standard InChI is InChI=1S/C15H28N2/c1-17(2)10-11-4-3-7-15(9-11)13-6-5-12(8-13)14(15)16/h11-14H,3-10,16H2,1-2H3/t11-,12?,13+,14+,15-/m1/s1. The Labute approximate surface area is 106 Å². The van der Waals surface area contributed by atoms with E-state index in [1.807, 2.05) is 0 Å². The highest BCUT2D eigenvalue weighted by Crippen LogP contribution is 2.61. The normalized spacial score (nSPS) is 49.4. The van der Waals surface area contributed by atoms with Crippen LogP contribution in [0, 0.1) is 23.2 Å². The molecule has 0 aromatic rings. The van der Waals surface area contributed by atoms with Crippen LogP contribution in [-0.4, -0.2) is 31.6 Å². The van der Waals surface area contributed by atoms with Gasteiger partial charge in [0.15, 0.2) is 0 Å². The predicted molar refractivity (Wildman–Crippen MR) is 71.8 cm³/mol. The van der Waals surface area contributed by atoms with Crippen LogP contribution < -0.4 is 5.73 Å². The first-order valence-corrected chi connectivity index (χ1v) is 7.52. The summed E-state index contributed by atoms with van der Waals surface area (Å²) in [5, 5.41) is 0. The zero-order valence-electron chi connectivity index (χ0n) is 11.5. The zero-order chi connectivity index (χ0) is 12.0. The Hall–Kier alpha value is -0.0800. The molecule has 2 heteroatoms. The summed E-state index contributed by atoms with van der Waals surface area (Å²) >= 11 is 0. The lowest BCUT2D eigenvalue weighted by Gasteiger charge is -2.48. The van der Waals surface area contributed by atoms with E-state index in [9.17, 15) is 0 Å². The summed E-state index contributed by atoms with van der Waals surface area (Å²) < 4.78 is 0. The molecule has 0 saturated heterocycles. The van der Waals surface area contributed by atoms with E-state index in [0.29, 0.717) is 11.5 Å². The minimum atomic E-state index is 0.534. The first kappa shape index (κ1) is 12.0. The van der Waals surface area contributed by atoms with Crippen molar-refractivity contribution in [2.45, 2.75) is 51.0 Å². The summed E-state index contributed by atoms with van der Waals surface area (Å²) in [5.41, 5.74) is 7.17. The van der Waals surface area contributed by atoms with Crippen LogP contribution in [0.5, 0.6) is 0 Å². The minimum Gasteiger partial charge on any atom is -0.327 e. The number of hydrogen-bond acceptors (Lipinski definition) is 2. The molecule has 3 saturated carbocycles. The highest BCUT2D eigenvalue weighted by Gasteiger charge is 2.57. The number of rotatable bonds is 2. The van der Waals surface area contributed by atoms with E-state index in [1.54, 1.807) is 0 Å². The summed E-state index contributed by atoms with van der Waals surface area (Å²) in [6.07, 6.45) is 10.1. The van der Waals surface area contributed by atoms with Gasteiger partial charge in [0.2, 0.25) is 0 Å². The van der Waals surface area contributed by atoms with Gasteiger partial charge in [0.1, 0.15) is 0 Å². The van der Waals surface area contributed by atoms with Crippen molar-refractivity contribution in [1.29, 1.82) is 0 Å². The molecule has 0 amide bonds. The van der Waals surface area contributed by atoms with Crippen LogP contribution >= 0.6 is 0 Å². The largest absolute Gasteiger partial charge is 0.327 e. The van der Waals surface area contributed by atoms with Gasteiger partial charge in [-0.05, 0) is 75.8 Å². The molecular formula is C15H28N2. The molecule has 5 atom stereocenters. The molecular weight excluding hydrogens is 208 g/mol. The van der Waals surface area contributed by atoms with Crippen molar-refractivity contribution in [1.82, 2.24) is 4.90 Å². The monoisotopic (exact) mass is 236 g/mol.